The largest absolute Gasteiger partial charge is 0.322 e. The van der Waals surface area contributed by atoms with Gasteiger partial charge in [0.05, 0.1) is 23.9 Å². The van der Waals surface area contributed by atoms with Gasteiger partial charge in [-0.3, -0.25) is 9.59 Å². The minimum atomic E-state index is -0.269. The fraction of sp³-hybridized carbons (Fsp3) is 0.100. The summed E-state index contributed by atoms with van der Waals surface area (Å²) in [4.78, 5) is 26.0. The first kappa shape index (κ1) is 16.0. The summed E-state index contributed by atoms with van der Waals surface area (Å²) in [5.41, 5.74) is 4.40. The number of likely N-dealkylation sites (N-methyl/N-ethyl adjacent to an activating group) is 1. The number of hydrogen-bond acceptors (Lipinski definition) is 4. The van der Waals surface area contributed by atoms with Gasteiger partial charge in [-0.25, -0.2) is 0 Å². The summed E-state index contributed by atoms with van der Waals surface area (Å²) in [6.45, 7) is 0. The quantitative estimate of drug-likeness (QED) is 0.793. The van der Waals surface area contributed by atoms with E-state index in [0.29, 0.717) is 23.4 Å². The van der Waals surface area contributed by atoms with Gasteiger partial charge in [-0.2, -0.15) is 10.2 Å². The number of anilines is 2. The third-order valence-electron chi connectivity index (χ3n) is 4.40. The highest BCUT2D eigenvalue weighted by atomic mass is 16.2. The van der Waals surface area contributed by atoms with E-state index < -0.39 is 0 Å². The topological polar surface area (TPSA) is 75.2 Å². The van der Waals surface area contributed by atoms with Crippen molar-refractivity contribution in [3.05, 3.63) is 71.9 Å². The molecule has 0 spiro atoms. The Balaban J connectivity index is 1.56. The first-order valence-electron chi connectivity index (χ1n) is 8.21. The minimum Gasteiger partial charge on any atom is -0.322 e. The maximum Gasteiger partial charge on any atom is 0.257 e. The predicted molar refractivity (Wildman–Crippen MR) is 99.0 cm³/mol. The standard InChI is InChI=1S/C20H16N4O2/c1-24-18-8-7-16(9-14(18)11-19(24)25)22-20(26)15-10-17(23-21-12-15)13-5-3-2-4-6-13/h2-10,12H,11H2,1H3,(H,22,26). The Hall–Kier alpha value is -3.54. The molecule has 0 saturated carbocycles. The van der Waals surface area contributed by atoms with E-state index in [1.54, 1.807) is 24.1 Å². The highest BCUT2D eigenvalue weighted by molar-refractivity contribution is 6.06. The fourth-order valence-corrected chi connectivity index (χ4v) is 2.99. The van der Waals surface area contributed by atoms with E-state index in [-0.39, 0.29) is 11.8 Å². The first-order valence-corrected chi connectivity index (χ1v) is 8.21. The van der Waals surface area contributed by atoms with E-state index in [1.165, 1.54) is 6.20 Å². The number of carbonyl (C=O) groups excluding carboxylic acids is 2. The van der Waals surface area contributed by atoms with Gasteiger partial charge in [-0.1, -0.05) is 30.3 Å². The molecule has 4 rings (SSSR count). The molecule has 1 aromatic heterocycles. The van der Waals surface area contributed by atoms with Gasteiger partial charge < -0.3 is 10.2 Å². The van der Waals surface area contributed by atoms with Gasteiger partial charge >= 0.3 is 0 Å². The molecule has 0 atom stereocenters. The van der Waals surface area contributed by atoms with Crippen LogP contribution in [-0.2, 0) is 11.2 Å². The zero-order valence-electron chi connectivity index (χ0n) is 14.1. The zero-order chi connectivity index (χ0) is 18.1. The first-order chi connectivity index (χ1) is 12.6. The number of benzene rings is 2. The predicted octanol–water partition coefficient (Wildman–Crippen LogP) is 2.91. The van der Waals surface area contributed by atoms with Crippen LogP contribution in [-0.4, -0.2) is 29.1 Å². The molecule has 0 radical (unpaired) electrons. The molecule has 0 bridgehead atoms. The van der Waals surface area contributed by atoms with Crippen LogP contribution >= 0.6 is 0 Å². The molecule has 3 aromatic rings. The molecule has 0 unspecified atom stereocenters. The Labute approximate surface area is 150 Å². The second kappa shape index (κ2) is 6.40. The summed E-state index contributed by atoms with van der Waals surface area (Å²) in [7, 11) is 1.75. The van der Waals surface area contributed by atoms with Crippen molar-refractivity contribution in [2.75, 3.05) is 17.3 Å². The molecule has 0 fully saturated rings. The molecular formula is C20H16N4O2. The summed E-state index contributed by atoms with van der Waals surface area (Å²) in [5.74, 6) is -0.218. The van der Waals surface area contributed by atoms with Crippen LogP contribution in [0, 0.1) is 0 Å². The summed E-state index contributed by atoms with van der Waals surface area (Å²) < 4.78 is 0. The Morgan fingerprint density at radius 3 is 2.73 bits per heavy atom. The summed E-state index contributed by atoms with van der Waals surface area (Å²) in [6, 6.07) is 16.8. The fourth-order valence-electron chi connectivity index (χ4n) is 2.99. The molecule has 6 nitrogen and oxygen atoms in total. The number of fused-ring (bicyclic) bond motifs is 1. The zero-order valence-corrected chi connectivity index (χ0v) is 14.1. The maximum absolute atomic E-state index is 12.6. The minimum absolute atomic E-state index is 0.0503. The van der Waals surface area contributed by atoms with E-state index in [1.807, 2.05) is 42.5 Å². The van der Waals surface area contributed by atoms with Crippen LogP contribution in [0.1, 0.15) is 15.9 Å². The summed E-state index contributed by atoms with van der Waals surface area (Å²) in [5, 5.41) is 10.9. The molecule has 26 heavy (non-hydrogen) atoms. The maximum atomic E-state index is 12.6. The van der Waals surface area contributed by atoms with E-state index in [2.05, 4.69) is 15.5 Å². The van der Waals surface area contributed by atoms with E-state index in [0.717, 1.165) is 16.8 Å². The lowest BCUT2D eigenvalue weighted by Gasteiger charge is -2.11. The van der Waals surface area contributed by atoms with Crippen molar-refractivity contribution in [1.82, 2.24) is 10.2 Å². The van der Waals surface area contributed by atoms with E-state index in [4.69, 9.17) is 0 Å². The van der Waals surface area contributed by atoms with Gasteiger partial charge in [0.15, 0.2) is 0 Å². The monoisotopic (exact) mass is 344 g/mol. The molecule has 0 aliphatic carbocycles. The van der Waals surface area contributed by atoms with Crippen LogP contribution in [0.3, 0.4) is 0 Å². The molecule has 1 aliphatic heterocycles. The summed E-state index contributed by atoms with van der Waals surface area (Å²) >= 11 is 0. The van der Waals surface area contributed by atoms with Crippen molar-refractivity contribution in [1.29, 1.82) is 0 Å². The third kappa shape index (κ3) is 2.93. The molecular weight excluding hydrogens is 328 g/mol. The Bertz CT molecular complexity index is 1000. The van der Waals surface area contributed by atoms with Gasteiger partial charge in [-0.15, -0.1) is 0 Å². The molecule has 1 N–H and O–H groups in total. The lowest BCUT2D eigenvalue weighted by atomic mass is 10.1. The number of hydrogen-bond donors (Lipinski definition) is 1. The second-order valence-corrected chi connectivity index (χ2v) is 6.12. The van der Waals surface area contributed by atoms with Gasteiger partial charge in [0.1, 0.15) is 0 Å². The van der Waals surface area contributed by atoms with Crippen LogP contribution in [0.2, 0.25) is 0 Å². The smallest absolute Gasteiger partial charge is 0.257 e. The third-order valence-corrected chi connectivity index (χ3v) is 4.40. The highest BCUT2D eigenvalue weighted by Gasteiger charge is 2.24. The van der Waals surface area contributed by atoms with Crippen LogP contribution in [0.15, 0.2) is 60.8 Å². The molecule has 2 aromatic carbocycles. The Morgan fingerprint density at radius 1 is 1.12 bits per heavy atom. The van der Waals surface area contributed by atoms with Crippen LogP contribution in [0.25, 0.3) is 11.3 Å². The van der Waals surface area contributed by atoms with E-state index in [9.17, 15) is 9.59 Å². The molecule has 2 heterocycles. The van der Waals surface area contributed by atoms with Crippen molar-refractivity contribution < 1.29 is 9.59 Å². The van der Waals surface area contributed by atoms with Gasteiger partial charge in [0, 0.05) is 24.0 Å². The number of rotatable bonds is 3. The van der Waals surface area contributed by atoms with Crippen molar-refractivity contribution in [3.63, 3.8) is 0 Å². The molecule has 128 valence electrons. The van der Waals surface area contributed by atoms with Crippen LogP contribution < -0.4 is 10.2 Å². The second-order valence-electron chi connectivity index (χ2n) is 6.12. The Morgan fingerprint density at radius 2 is 1.92 bits per heavy atom. The van der Waals surface area contributed by atoms with Gasteiger partial charge in [0.2, 0.25) is 5.91 Å². The highest BCUT2D eigenvalue weighted by Crippen LogP contribution is 2.30. The number of amides is 2. The van der Waals surface area contributed by atoms with Crippen LogP contribution in [0.5, 0.6) is 0 Å². The Kier molecular flexibility index (Phi) is 3.93. The normalized spacial score (nSPS) is 12.8. The molecule has 6 heteroatoms. The van der Waals surface area contributed by atoms with Crippen molar-refractivity contribution >= 4 is 23.2 Å². The average Bonchev–Trinajstić information content (AvgIpc) is 2.96. The number of aromatic nitrogens is 2. The van der Waals surface area contributed by atoms with E-state index >= 15 is 0 Å². The van der Waals surface area contributed by atoms with Crippen molar-refractivity contribution in [2.24, 2.45) is 0 Å². The SMILES string of the molecule is CN1C(=O)Cc2cc(NC(=O)c3cnnc(-c4ccccc4)c3)ccc21. The van der Waals surface area contributed by atoms with Crippen molar-refractivity contribution in [2.45, 2.75) is 6.42 Å². The van der Waals surface area contributed by atoms with Crippen molar-refractivity contribution in [3.8, 4) is 11.3 Å². The number of nitrogens with zero attached hydrogens (tertiary/aromatic N) is 3. The average molecular weight is 344 g/mol. The van der Waals surface area contributed by atoms with Crippen LogP contribution in [0.4, 0.5) is 11.4 Å². The molecule has 1 aliphatic rings. The lowest BCUT2D eigenvalue weighted by molar-refractivity contribution is -0.117. The number of nitrogens with one attached hydrogen (secondary N) is 1. The lowest BCUT2D eigenvalue weighted by Crippen LogP contribution is -2.20. The summed E-state index contributed by atoms with van der Waals surface area (Å²) in [6.07, 6.45) is 1.79. The van der Waals surface area contributed by atoms with Gasteiger partial charge in [-0.05, 0) is 29.8 Å². The van der Waals surface area contributed by atoms with Gasteiger partial charge in [0.25, 0.3) is 5.91 Å². The number of carbonyl (C=O) groups is 2. The molecule has 0 saturated heterocycles. The molecule has 2 amide bonds.